The molecule has 2 N–H and O–H groups in total. The number of aliphatic hydroxyl groups excluding tert-OH is 1. The average Bonchev–Trinajstić information content (AvgIpc) is 3.68. The number of carbonyl (C=O) groups is 1. The molecule has 43 heavy (non-hydrogen) atoms. The van der Waals surface area contributed by atoms with Crippen molar-refractivity contribution in [3.63, 3.8) is 0 Å². The monoisotopic (exact) mass is 595 g/mol. The van der Waals surface area contributed by atoms with Crippen LogP contribution in [0.5, 0.6) is 0 Å². The Bertz CT molecular complexity index is 1730. The summed E-state index contributed by atoms with van der Waals surface area (Å²) < 4.78 is 7.84. The van der Waals surface area contributed by atoms with Crippen molar-refractivity contribution in [3.8, 4) is 5.69 Å². The lowest BCUT2D eigenvalue weighted by atomic mass is 9.45. The molecule has 8 heteroatoms. The largest absolute Gasteiger partial charge is 0.431 e. The van der Waals surface area contributed by atoms with Gasteiger partial charge in [-0.05, 0) is 97.6 Å². The number of para-hydroxylation sites is 3. The molecule has 0 radical (unpaired) electrons. The van der Waals surface area contributed by atoms with Crippen molar-refractivity contribution < 1.29 is 19.4 Å². The Morgan fingerprint density at radius 3 is 2.72 bits per heavy atom. The number of allylic oxidation sites excluding steroid dienone is 1. The fraction of sp³-hybridized carbons (Fsp3) is 0.457. The first-order valence-electron chi connectivity index (χ1n) is 15.5. The van der Waals surface area contributed by atoms with Gasteiger partial charge in [0.15, 0.2) is 11.4 Å². The molecular weight excluding hydrogens is 558 g/mol. The minimum absolute atomic E-state index is 0.0744. The van der Waals surface area contributed by atoms with Crippen LogP contribution >= 0.6 is 11.8 Å². The molecule has 0 amide bonds. The SMILES string of the molecule is CC12Cc3cnn(-c4ccccc4)c3C=C1CCC1C2[C@@H](O)CC2(C)C1CC[C@]2(O)C(=O)CSc1nc2ccccc2o1. The molecule has 8 rings (SSSR count). The first-order chi connectivity index (χ1) is 20.7. The van der Waals surface area contributed by atoms with E-state index in [0.29, 0.717) is 23.6 Å². The highest BCUT2D eigenvalue weighted by molar-refractivity contribution is 7.99. The second-order valence-electron chi connectivity index (χ2n) is 13.6. The van der Waals surface area contributed by atoms with Crippen molar-refractivity contribution >= 4 is 34.7 Å². The van der Waals surface area contributed by atoms with Crippen molar-refractivity contribution in [1.82, 2.24) is 14.8 Å². The van der Waals surface area contributed by atoms with Crippen LogP contribution < -0.4 is 0 Å². The summed E-state index contributed by atoms with van der Waals surface area (Å²) in [7, 11) is 0. The number of hydrogen-bond acceptors (Lipinski definition) is 7. The van der Waals surface area contributed by atoms with Crippen molar-refractivity contribution in [2.45, 2.75) is 69.3 Å². The minimum atomic E-state index is -1.48. The fourth-order valence-electron chi connectivity index (χ4n) is 9.58. The van der Waals surface area contributed by atoms with Crippen molar-refractivity contribution in [2.75, 3.05) is 5.75 Å². The third-order valence-corrected chi connectivity index (χ3v) is 12.5. The fourth-order valence-corrected chi connectivity index (χ4v) is 10.4. The molecule has 2 aromatic heterocycles. The van der Waals surface area contributed by atoms with Crippen LogP contribution in [0, 0.1) is 28.6 Å². The number of nitrogens with zero attached hydrogens (tertiary/aromatic N) is 3. The average molecular weight is 596 g/mol. The van der Waals surface area contributed by atoms with Gasteiger partial charge in [0.1, 0.15) is 11.1 Å². The zero-order chi connectivity index (χ0) is 29.6. The standard InChI is InChI=1S/C35H37N3O4S/c1-33-17-21-19-36-38(23-8-4-3-5-9-23)27(21)16-22(33)12-13-24-25-14-15-35(41,34(25,2)18-28(39)31(24)33)30(40)20-43-32-37-26-10-6-7-11-29(26)42-32/h3-11,16,19,24-25,28,31,39,41H,12-15,17-18,20H2,1-2H3/t24?,25?,28-,31?,33?,34?,35-/m0/s1. The second kappa shape index (κ2) is 9.65. The number of ketones is 1. The smallest absolute Gasteiger partial charge is 0.257 e. The van der Waals surface area contributed by atoms with Gasteiger partial charge < -0.3 is 14.6 Å². The maximum atomic E-state index is 13.8. The van der Waals surface area contributed by atoms with E-state index in [1.54, 1.807) is 0 Å². The lowest BCUT2D eigenvalue weighted by molar-refractivity contribution is -0.177. The number of aliphatic hydroxyl groups is 2. The summed E-state index contributed by atoms with van der Waals surface area (Å²) in [6, 6.07) is 17.8. The molecule has 2 aromatic carbocycles. The van der Waals surface area contributed by atoms with Crippen molar-refractivity contribution in [2.24, 2.45) is 28.6 Å². The van der Waals surface area contributed by atoms with E-state index in [1.165, 1.54) is 22.9 Å². The minimum Gasteiger partial charge on any atom is -0.431 e. The number of thioether (sulfide) groups is 1. The van der Waals surface area contributed by atoms with Gasteiger partial charge >= 0.3 is 0 Å². The van der Waals surface area contributed by atoms with Gasteiger partial charge in [0, 0.05) is 5.41 Å². The number of aromatic nitrogens is 3. The van der Waals surface area contributed by atoms with Crippen LogP contribution in [0.15, 0.2) is 76.0 Å². The van der Waals surface area contributed by atoms with E-state index in [1.807, 2.05) is 53.3 Å². The first-order valence-corrected chi connectivity index (χ1v) is 16.5. The van der Waals surface area contributed by atoms with Gasteiger partial charge in [-0.2, -0.15) is 5.10 Å². The van der Waals surface area contributed by atoms with E-state index in [4.69, 9.17) is 9.52 Å². The van der Waals surface area contributed by atoms with Crippen LogP contribution in [-0.4, -0.2) is 48.2 Å². The molecule has 4 aliphatic rings. The highest BCUT2D eigenvalue weighted by Crippen LogP contribution is 2.67. The van der Waals surface area contributed by atoms with Crippen LogP contribution in [0.3, 0.4) is 0 Å². The number of rotatable bonds is 5. The van der Waals surface area contributed by atoms with Crippen LogP contribution in [-0.2, 0) is 11.2 Å². The van der Waals surface area contributed by atoms with Gasteiger partial charge in [0.05, 0.1) is 29.4 Å². The normalized spacial score (nSPS) is 34.7. The second-order valence-corrected chi connectivity index (χ2v) is 14.6. The lowest BCUT2D eigenvalue weighted by Gasteiger charge is -2.60. The Kier molecular flexibility index (Phi) is 6.14. The summed E-state index contributed by atoms with van der Waals surface area (Å²) in [6.45, 7) is 4.39. The van der Waals surface area contributed by atoms with Gasteiger partial charge in [-0.25, -0.2) is 9.67 Å². The summed E-state index contributed by atoms with van der Waals surface area (Å²) in [4.78, 5) is 18.3. The highest BCUT2D eigenvalue weighted by atomic mass is 32.2. The molecule has 4 aromatic rings. The Morgan fingerprint density at radius 2 is 1.91 bits per heavy atom. The highest BCUT2D eigenvalue weighted by Gasteiger charge is 2.68. The van der Waals surface area contributed by atoms with Crippen LogP contribution in [0.1, 0.15) is 57.2 Å². The summed E-state index contributed by atoms with van der Waals surface area (Å²) in [5.74, 6) is 0.400. The molecule has 3 fully saturated rings. The Hall–Kier alpha value is -3.20. The number of carbonyl (C=O) groups excluding carboxylic acids is 1. The zero-order valence-corrected chi connectivity index (χ0v) is 25.4. The number of Topliss-reactive ketones (excluding diaryl/α,β-unsaturated/α-hetero) is 1. The molecule has 222 valence electrons. The summed E-state index contributed by atoms with van der Waals surface area (Å²) in [6.07, 6.45) is 8.13. The Balaban J connectivity index is 1.05. The molecule has 3 saturated carbocycles. The van der Waals surface area contributed by atoms with Gasteiger partial charge in [0.2, 0.25) is 0 Å². The van der Waals surface area contributed by atoms with Crippen LogP contribution in [0.25, 0.3) is 22.9 Å². The first kappa shape index (κ1) is 27.4. The van der Waals surface area contributed by atoms with Gasteiger partial charge in [-0.1, -0.05) is 61.5 Å². The predicted molar refractivity (Wildman–Crippen MR) is 166 cm³/mol. The quantitative estimate of drug-likeness (QED) is 0.263. The van der Waals surface area contributed by atoms with Crippen molar-refractivity contribution in [3.05, 3.63) is 77.6 Å². The van der Waals surface area contributed by atoms with Gasteiger partial charge in [-0.15, -0.1) is 0 Å². The molecule has 0 aliphatic heterocycles. The molecule has 7 atom stereocenters. The van der Waals surface area contributed by atoms with Crippen LogP contribution in [0.4, 0.5) is 0 Å². The van der Waals surface area contributed by atoms with E-state index >= 15 is 0 Å². The summed E-state index contributed by atoms with van der Waals surface area (Å²) in [5, 5.41) is 29.3. The molecule has 2 heterocycles. The Labute approximate surface area is 255 Å². The van der Waals surface area contributed by atoms with Crippen molar-refractivity contribution in [1.29, 1.82) is 0 Å². The molecule has 7 nitrogen and oxygen atoms in total. The molecule has 5 unspecified atom stereocenters. The predicted octanol–water partition coefficient (Wildman–Crippen LogP) is 6.26. The number of benzene rings is 2. The Morgan fingerprint density at radius 1 is 1.12 bits per heavy atom. The van der Waals surface area contributed by atoms with E-state index in [-0.39, 0.29) is 34.7 Å². The molecular formula is C35H37N3O4S. The zero-order valence-electron chi connectivity index (χ0n) is 24.6. The molecule has 4 aliphatic carbocycles. The molecule has 0 saturated heterocycles. The van der Waals surface area contributed by atoms with Gasteiger partial charge in [0.25, 0.3) is 5.22 Å². The molecule has 0 spiro atoms. The topological polar surface area (TPSA) is 101 Å². The van der Waals surface area contributed by atoms with E-state index in [0.717, 1.165) is 42.6 Å². The number of oxazole rings is 1. The third kappa shape index (κ3) is 3.92. The third-order valence-electron chi connectivity index (χ3n) is 11.6. The van der Waals surface area contributed by atoms with E-state index < -0.39 is 17.1 Å². The maximum absolute atomic E-state index is 13.8. The maximum Gasteiger partial charge on any atom is 0.257 e. The number of fused-ring (bicyclic) bond motifs is 7. The summed E-state index contributed by atoms with van der Waals surface area (Å²) in [5.41, 5.74) is 3.90. The van der Waals surface area contributed by atoms with E-state index in [9.17, 15) is 15.0 Å². The molecule has 0 bridgehead atoms. The lowest BCUT2D eigenvalue weighted by Crippen LogP contribution is -2.62. The van der Waals surface area contributed by atoms with Crippen LogP contribution in [0.2, 0.25) is 0 Å². The van der Waals surface area contributed by atoms with E-state index in [2.05, 4.69) is 37.0 Å². The van der Waals surface area contributed by atoms with Gasteiger partial charge in [-0.3, -0.25) is 4.79 Å². The summed E-state index contributed by atoms with van der Waals surface area (Å²) >= 11 is 1.24. The number of hydrogen-bond donors (Lipinski definition) is 2.